The number of benzene rings is 1. The Morgan fingerprint density at radius 2 is 2.17 bits per heavy atom. The molecule has 94 valence electrons. The van der Waals surface area contributed by atoms with E-state index < -0.39 is 0 Å². The topological polar surface area (TPSA) is 29.1 Å². The van der Waals surface area contributed by atoms with E-state index in [4.69, 9.17) is 11.6 Å². The molecule has 1 amide bonds. The molecule has 0 aliphatic heterocycles. The smallest absolute Gasteiger partial charge is 0.251 e. The largest absolute Gasteiger partial charge is 0.348 e. The maximum atomic E-state index is 11.9. The number of hydrogen-bond donors (Lipinski definition) is 1. The van der Waals surface area contributed by atoms with Crippen molar-refractivity contribution < 1.29 is 4.79 Å². The fourth-order valence-electron chi connectivity index (χ4n) is 1.64. The number of hydrogen-bond acceptors (Lipinski definition) is 2. The number of aryl methyl sites for hydroxylation is 1. The number of halogens is 1. The van der Waals surface area contributed by atoms with Gasteiger partial charge >= 0.3 is 0 Å². The highest BCUT2D eigenvalue weighted by Gasteiger charge is 2.08. The van der Waals surface area contributed by atoms with E-state index in [1.807, 2.05) is 0 Å². The minimum atomic E-state index is -0.0965. The van der Waals surface area contributed by atoms with Crippen molar-refractivity contribution in [2.75, 3.05) is 0 Å². The van der Waals surface area contributed by atoms with E-state index in [0.29, 0.717) is 17.1 Å². The molecule has 0 bridgehead atoms. The summed E-state index contributed by atoms with van der Waals surface area (Å²) in [5, 5.41) is 5.57. The zero-order valence-corrected chi connectivity index (χ0v) is 11.9. The molecular formula is C14H14ClNOS. The maximum absolute atomic E-state index is 11.9. The standard InChI is InChI=1S/C14H14ClNOS/c1-9-10(2)18-8-12(9)7-16-14(17)11-4-3-5-13(15)6-11/h3-6,8H,7H2,1-2H3,(H,16,17). The molecule has 2 rings (SSSR count). The van der Waals surface area contributed by atoms with Crippen LogP contribution in [0.2, 0.25) is 5.02 Å². The first-order valence-corrected chi connectivity index (χ1v) is 6.91. The second kappa shape index (κ2) is 5.55. The number of carbonyl (C=O) groups is 1. The van der Waals surface area contributed by atoms with Gasteiger partial charge in [-0.3, -0.25) is 4.79 Å². The molecule has 0 atom stereocenters. The van der Waals surface area contributed by atoms with Gasteiger partial charge in [0.2, 0.25) is 0 Å². The Balaban J connectivity index is 2.03. The molecular weight excluding hydrogens is 266 g/mol. The molecule has 0 aliphatic carbocycles. The van der Waals surface area contributed by atoms with E-state index in [2.05, 4.69) is 24.5 Å². The number of rotatable bonds is 3. The van der Waals surface area contributed by atoms with Gasteiger partial charge in [-0.05, 0) is 48.6 Å². The third-order valence-corrected chi connectivity index (χ3v) is 4.21. The summed E-state index contributed by atoms with van der Waals surface area (Å²) >= 11 is 7.56. The summed E-state index contributed by atoms with van der Waals surface area (Å²) < 4.78 is 0. The van der Waals surface area contributed by atoms with Crippen molar-refractivity contribution >= 4 is 28.8 Å². The van der Waals surface area contributed by atoms with Crippen LogP contribution in [0.4, 0.5) is 0 Å². The summed E-state index contributed by atoms with van der Waals surface area (Å²) in [5.74, 6) is -0.0965. The van der Waals surface area contributed by atoms with Crippen LogP contribution in [0, 0.1) is 13.8 Å². The molecule has 2 nitrogen and oxygen atoms in total. The molecule has 0 fully saturated rings. The van der Waals surface area contributed by atoms with Crippen molar-refractivity contribution in [3.05, 3.63) is 56.2 Å². The van der Waals surface area contributed by atoms with Crippen LogP contribution in [0.25, 0.3) is 0 Å². The molecule has 1 aromatic heterocycles. The van der Waals surface area contributed by atoms with Gasteiger partial charge in [-0.25, -0.2) is 0 Å². The Morgan fingerprint density at radius 3 is 2.78 bits per heavy atom. The summed E-state index contributed by atoms with van der Waals surface area (Å²) in [6.45, 7) is 4.72. The number of nitrogens with one attached hydrogen (secondary N) is 1. The van der Waals surface area contributed by atoms with Crippen LogP contribution >= 0.6 is 22.9 Å². The Morgan fingerprint density at radius 1 is 1.39 bits per heavy atom. The van der Waals surface area contributed by atoms with Gasteiger partial charge in [-0.1, -0.05) is 17.7 Å². The second-order valence-electron chi connectivity index (χ2n) is 4.14. The van der Waals surface area contributed by atoms with E-state index in [1.54, 1.807) is 35.6 Å². The predicted molar refractivity (Wildman–Crippen MR) is 76.4 cm³/mol. The lowest BCUT2D eigenvalue weighted by molar-refractivity contribution is 0.0951. The van der Waals surface area contributed by atoms with Crippen LogP contribution in [-0.4, -0.2) is 5.91 Å². The highest BCUT2D eigenvalue weighted by atomic mass is 35.5. The van der Waals surface area contributed by atoms with Gasteiger partial charge in [-0.2, -0.15) is 0 Å². The Bertz CT molecular complexity index is 577. The quantitative estimate of drug-likeness (QED) is 0.906. The lowest BCUT2D eigenvalue weighted by Crippen LogP contribution is -2.22. The van der Waals surface area contributed by atoms with Gasteiger partial charge in [0, 0.05) is 22.0 Å². The number of thiophene rings is 1. The van der Waals surface area contributed by atoms with Crippen LogP contribution in [0.5, 0.6) is 0 Å². The zero-order valence-electron chi connectivity index (χ0n) is 10.3. The molecule has 2 aromatic rings. The first kappa shape index (κ1) is 13.1. The SMILES string of the molecule is Cc1scc(CNC(=O)c2cccc(Cl)c2)c1C. The minimum absolute atomic E-state index is 0.0965. The molecule has 1 heterocycles. The zero-order chi connectivity index (χ0) is 13.1. The summed E-state index contributed by atoms with van der Waals surface area (Å²) in [4.78, 5) is 13.2. The van der Waals surface area contributed by atoms with E-state index >= 15 is 0 Å². The van der Waals surface area contributed by atoms with Crippen molar-refractivity contribution in [2.24, 2.45) is 0 Å². The van der Waals surface area contributed by atoms with E-state index in [-0.39, 0.29) is 5.91 Å². The summed E-state index contributed by atoms with van der Waals surface area (Å²) in [6, 6.07) is 6.96. The summed E-state index contributed by atoms with van der Waals surface area (Å²) in [6.07, 6.45) is 0. The molecule has 0 spiro atoms. The van der Waals surface area contributed by atoms with E-state index in [9.17, 15) is 4.79 Å². The van der Waals surface area contributed by atoms with Gasteiger partial charge < -0.3 is 5.32 Å². The van der Waals surface area contributed by atoms with Crippen LogP contribution in [-0.2, 0) is 6.54 Å². The van der Waals surface area contributed by atoms with Crippen LogP contribution in [0.3, 0.4) is 0 Å². The third kappa shape index (κ3) is 2.92. The van der Waals surface area contributed by atoms with Crippen LogP contribution in [0.15, 0.2) is 29.6 Å². The minimum Gasteiger partial charge on any atom is -0.348 e. The van der Waals surface area contributed by atoms with Crippen molar-refractivity contribution in [2.45, 2.75) is 20.4 Å². The van der Waals surface area contributed by atoms with Crippen molar-refractivity contribution in [3.63, 3.8) is 0 Å². The predicted octanol–water partition coefficient (Wildman–Crippen LogP) is 3.95. The van der Waals surface area contributed by atoms with Gasteiger partial charge in [0.05, 0.1) is 0 Å². The van der Waals surface area contributed by atoms with Gasteiger partial charge in [0.1, 0.15) is 0 Å². The highest BCUT2D eigenvalue weighted by molar-refractivity contribution is 7.10. The first-order valence-electron chi connectivity index (χ1n) is 5.65. The Labute approximate surface area is 116 Å². The molecule has 0 saturated heterocycles. The number of carbonyl (C=O) groups excluding carboxylic acids is 1. The number of amides is 1. The monoisotopic (exact) mass is 279 g/mol. The maximum Gasteiger partial charge on any atom is 0.251 e. The Kier molecular flexibility index (Phi) is 4.04. The van der Waals surface area contributed by atoms with Crippen LogP contribution in [0.1, 0.15) is 26.4 Å². The van der Waals surface area contributed by atoms with E-state index in [0.717, 1.165) is 0 Å². The summed E-state index contributed by atoms with van der Waals surface area (Å²) in [5.41, 5.74) is 3.02. The summed E-state index contributed by atoms with van der Waals surface area (Å²) in [7, 11) is 0. The average Bonchev–Trinajstić information content (AvgIpc) is 2.67. The average molecular weight is 280 g/mol. The van der Waals surface area contributed by atoms with Gasteiger partial charge in [-0.15, -0.1) is 11.3 Å². The molecule has 1 aromatic carbocycles. The fourth-order valence-corrected chi connectivity index (χ4v) is 2.72. The van der Waals surface area contributed by atoms with Gasteiger partial charge in [0.25, 0.3) is 5.91 Å². The van der Waals surface area contributed by atoms with Crippen molar-refractivity contribution in [1.29, 1.82) is 0 Å². The normalized spacial score (nSPS) is 10.4. The molecule has 4 heteroatoms. The Hall–Kier alpha value is -1.32. The van der Waals surface area contributed by atoms with Crippen LogP contribution < -0.4 is 5.32 Å². The lowest BCUT2D eigenvalue weighted by atomic mass is 10.1. The molecule has 0 unspecified atom stereocenters. The molecule has 0 aliphatic rings. The fraction of sp³-hybridized carbons (Fsp3) is 0.214. The second-order valence-corrected chi connectivity index (χ2v) is 5.66. The van der Waals surface area contributed by atoms with E-state index in [1.165, 1.54) is 16.0 Å². The third-order valence-electron chi connectivity index (χ3n) is 2.91. The molecule has 0 saturated carbocycles. The highest BCUT2D eigenvalue weighted by Crippen LogP contribution is 2.20. The van der Waals surface area contributed by atoms with Crippen molar-refractivity contribution in [3.8, 4) is 0 Å². The first-order chi connectivity index (χ1) is 8.58. The van der Waals surface area contributed by atoms with Crippen molar-refractivity contribution in [1.82, 2.24) is 5.32 Å². The molecule has 0 radical (unpaired) electrons. The molecule has 1 N–H and O–H groups in total. The molecule has 18 heavy (non-hydrogen) atoms. The van der Waals surface area contributed by atoms with Gasteiger partial charge in [0.15, 0.2) is 0 Å². The lowest BCUT2D eigenvalue weighted by Gasteiger charge is -2.05.